The van der Waals surface area contributed by atoms with Crippen LogP contribution >= 0.6 is 11.3 Å². The Kier molecular flexibility index (Phi) is 6.38. The van der Waals surface area contributed by atoms with Crippen molar-refractivity contribution in [1.29, 1.82) is 0 Å². The van der Waals surface area contributed by atoms with E-state index in [2.05, 4.69) is 10.6 Å². The Labute approximate surface area is 111 Å². The monoisotopic (exact) mass is 269 g/mol. The van der Waals surface area contributed by atoms with Gasteiger partial charge in [-0.15, -0.1) is 11.3 Å². The largest absolute Gasteiger partial charge is 0.351 e. The van der Waals surface area contributed by atoms with Crippen LogP contribution in [0.15, 0.2) is 17.5 Å². The second kappa shape index (κ2) is 7.84. The molecule has 0 aliphatic rings. The van der Waals surface area contributed by atoms with Gasteiger partial charge in [0.05, 0.1) is 4.88 Å². The Morgan fingerprint density at radius 2 is 2.17 bits per heavy atom. The molecular formula is C12H19N3O2S. The van der Waals surface area contributed by atoms with E-state index >= 15 is 0 Å². The molecule has 1 heterocycles. The lowest BCUT2D eigenvalue weighted by Gasteiger charge is -2.16. The molecule has 5 nitrogen and oxygen atoms in total. The first-order valence-corrected chi connectivity index (χ1v) is 6.73. The zero-order valence-corrected chi connectivity index (χ0v) is 11.5. The van der Waals surface area contributed by atoms with Gasteiger partial charge < -0.3 is 15.5 Å². The first-order valence-electron chi connectivity index (χ1n) is 5.85. The number of hydrogen-bond acceptors (Lipinski definition) is 4. The number of amides is 2. The molecule has 1 aromatic heterocycles. The number of likely N-dealkylation sites (N-methyl/N-ethyl adjacent to an activating group) is 2. The van der Waals surface area contributed by atoms with Gasteiger partial charge in [-0.2, -0.15) is 0 Å². The first-order chi connectivity index (χ1) is 8.65. The van der Waals surface area contributed by atoms with Gasteiger partial charge >= 0.3 is 0 Å². The van der Waals surface area contributed by atoms with Crippen LogP contribution in [-0.4, -0.2) is 50.4 Å². The van der Waals surface area contributed by atoms with Gasteiger partial charge in [0.1, 0.15) is 0 Å². The van der Waals surface area contributed by atoms with Crippen LogP contribution < -0.4 is 10.6 Å². The van der Waals surface area contributed by atoms with Gasteiger partial charge in [-0.05, 0) is 18.5 Å². The van der Waals surface area contributed by atoms with Crippen molar-refractivity contribution in [3.05, 3.63) is 22.4 Å². The Morgan fingerprint density at radius 1 is 1.39 bits per heavy atom. The van der Waals surface area contributed by atoms with Crippen LogP contribution in [0.3, 0.4) is 0 Å². The standard InChI is InChI=1S/C12H19N3O2S/c1-13-7-8-15(2)11(16)5-6-14-12(17)10-4-3-9-18-10/h3-4,9,13H,5-8H2,1-2H3,(H,14,17). The minimum absolute atomic E-state index is 0.0386. The van der Waals surface area contributed by atoms with Gasteiger partial charge in [-0.1, -0.05) is 6.07 Å². The van der Waals surface area contributed by atoms with Crippen LogP contribution in [0.1, 0.15) is 16.1 Å². The van der Waals surface area contributed by atoms with Crippen molar-refractivity contribution in [1.82, 2.24) is 15.5 Å². The molecular weight excluding hydrogens is 250 g/mol. The van der Waals surface area contributed by atoms with Gasteiger partial charge in [-0.3, -0.25) is 9.59 Å². The van der Waals surface area contributed by atoms with Crippen molar-refractivity contribution < 1.29 is 9.59 Å². The zero-order chi connectivity index (χ0) is 13.4. The fourth-order valence-corrected chi connectivity index (χ4v) is 2.01. The van der Waals surface area contributed by atoms with Crippen molar-refractivity contribution in [2.75, 3.05) is 33.7 Å². The molecule has 0 bridgehead atoms. The normalized spacial score (nSPS) is 10.1. The van der Waals surface area contributed by atoms with E-state index in [0.29, 0.717) is 24.4 Å². The number of thiophene rings is 1. The second-order valence-electron chi connectivity index (χ2n) is 3.90. The third kappa shape index (κ3) is 4.85. The summed E-state index contributed by atoms with van der Waals surface area (Å²) in [6.07, 6.45) is 0.331. The summed E-state index contributed by atoms with van der Waals surface area (Å²) in [4.78, 5) is 25.6. The SMILES string of the molecule is CNCCN(C)C(=O)CCNC(=O)c1cccs1. The molecule has 0 atom stereocenters. The third-order valence-electron chi connectivity index (χ3n) is 2.49. The van der Waals surface area contributed by atoms with E-state index in [0.717, 1.165) is 6.54 Å². The molecule has 0 fully saturated rings. The van der Waals surface area contributed by atoms with Crippen molar-refractivity contribution >= 4 is 23.2 Å². The van der Waals surface area contributed by atoms with Crippen molar-refractivity contribution in [2.24, 2.45) is 0 Å². The van der Waals surface area contributed by atoms with Gasteiger partial charge in [0, 0.05) is 33.1 Å². The molecule has 0 aliphatic carbocycles. The quantitative estimate of drug-likeness (QED) is 0.760. The van der Waals surface area contributed by atoms with E-state index in [4.69, 9.17) is 0 Å². The maximum Gasteiger partial charge on any atom is 0.261 e. The lowest BCUT2D eigenvalue weighted by molar-refractivity contribution is -0.129. The molecule has 18 heavy (non-hydrogen) atoms. The summed E-state index contributed by atoms with van der Waals surface area (Å²) in [6.45, 7) is 1.82. The molecule has 0 radical (unpaired) electrons. The fourth-order valence-electron chi connectivity index (χ4n) is 1.37. The smallest absolute Gasteiger partial charge is 0.261 e. The van der Waals surface area contributed by atoms with Crippen LogP contribution in [0.2, 0.25) is 0 Å². The number of hydrogen-bond donors (Lipinski definition) is 2. The summed E-state index contributed by atoms with van der Waals surface area (Å²) in [5, 5.41) is 7.57. The van der Waals surface area contributed by atoms with E-state index in [-0.39, 0.29) is 11.8 Å². The van der Waals surface area contributed by atoms with Crippen LogP contribution in [-0.2, 0) is 4.79 Å². The van der Waals surface area contributed by atoms with E-state index < -0.39 is 0 Å². The number of rotatable bonds is 7. The minimum atomic E-state index is -0.115. The first kappa shape index (κ1) is 14.7. The van der Waals surface area contributed by atoms with Crippen LogP contribution in [0.5, 0.6) is 0 Å². The highest BCUT2D eigenvalue weighted by Gasteiger charge is 2.10. The predicted molar refractivity (Wildman–Crippen MR) is 72.8 cm³/mol. The topological polar surface area (TPSA) is 61.4 Å². The lowest BCUT2D eigenvalue weighted by Crippen LogP contribution is -2.35. The van der Waals surface area contributed by atoms with Gasteiger partial charge in [0.2, 0.25) is 5.91 Å². The average Bonchev–Trinajstić information content (AvgIpc) is 2.89. The number of carbonyl (C=O) groups is 2. The van der Waals surface area contributed by atoms with E-state index in [9.17, 15) is 9.59 Å². The number of nitrogens with zero attached hydrogens (tertiary/aromatic N) is 1. The van der Waals surface area contributed by atoms with E-state index in [1.54, 1.807) is 18.0 Å². The highest BCUT2D eigenvalue weighted by atomic mass is 32.1. The molecule has 0 saturated heterocycles. The Hall–Kier alpha value is -1.40. The molecule has 1 rings (SSSR count). The summed E-state index contributed by atoms with van der Waals surface area (Å²) in [5.74, 6) is -0.0765. The highest BCUT2D eigenvalue weighted by molar-refractivity contribution is 7.12. The Morgan fingerprint density at radius 3 is 2.78 bits per heavy atom. The molecule has 0 aromatic carbocycles. The van der Waals surface area contributed by atoms with Crippen molar-refractivity contribution in [3.63, 3.8) is 0 Å². The predicted octanol–water partition coefficient (Wildman–Crippen LogP) is 0.546. The Bertz CT molecular complexity index is 379. The lowest BCUT2D eigenvalue weighted by atomic mass is 10.3. The average molecular weight is 269 g/mol. The number of carbonyl (C=O) groups excluding carboxylic acids is 2. The van der Waals surface area contributed by atoms with Gasteiger partial charge in [0.25, 0.3) is 5.91 Å². The van der Waals surface area contributed by atoms with Crippen LogP contribution in [0, 0.1) is 0 Å². The zero-order valence-electron chi connectivity index (χ0n) is 10.7. The second-order valence-corrected chi connectivity index (χ2v) is 4.85. The fraction of sp³-hybridized carbons (Fsp3) is 0.500. The maximum absolute atomic E-state index is 11.7. The molecule has 2 N–H and O–H groups in total. The molecule has 0 aliphatic heterocycles. The molecule has 0 unspecified atom stereocenters. The summed E-state index contributed by atoms with van der Waals surface area (Å²) >= 11 is 1.39. The minimum Gasteiger partial charge on any atom is -0.351 e. The van der Waals surface area contributed by atoms with Gasteiger partial charge in [0.15, 0.2) is 0 Å². The van der Waals surface area contributed by atoms with Gasteiger partial charge in [-0.25, -0.2) is 0 Å². The summed E-state index contributed by atoms with van der Waals surface area (Å²) in [5.41, 5.74) is 0. The Balaban J connectivity index is 2.21. The van der Waals surface area contributed by atoms with Crippen molar-refractivity contribution in [2.45, 2.75) is 6.42 Å². The molecule has 100 valence electrons. The van der Waals surface area contributed by atoms with Crippen molar-refractivity contribution in [3.8, 4) is 0 Å². The molecule has 0 spiro atoms. The molecule has 0 saturated carbocycles. The maximum atomic E-state index is 11.7. The van der Waals surface area contributed by atoms with E-state index in [1.807, 2.05) is 18.5 Å². The summed E-state index contributed by atoms with van der Waals surface area (Å²) in [7, 11) is 3.61. The third-order valence-corrected chi connectivity index (χ3v) is 3.36. The summed E-state index contributed by atoms with van der Waals surface area (Å²) < 4.78 is 0. The molecule has 1 aromatic rings. The van der Waals surface area contributed by atoms with Crippen LogP contribution in [0.25, 0.3) is 0 Å². The van der Waals surface area contributed by atoms with Crippen LogP contribution in [0.4, 0.5) is 0 Å². The highest BCUT2D eigenvalue weighted by Crippen LogP contribution is 2.07. The van der Waals surface area contributed by atoms with E-state index in [1.165, 1.54) is 11.3 Å². The summed E-state index contributed by atoms with van der Waals surface area (Å²) in [6, 6.07) is 3.59. The molecule has 6 heteroatoms. The molecule has 2 amide bonds. The number of nitrogens with one attached hydrogen (secondary N) is 2.